The van der Waals surface area contributed by atoms with Crippen LogP contribution in [0.25, 0.3) is 0 Å². The van der Waals surface area contributed by atoms with E-state index in [9.17, 15) is 4.79 Å². The summed E-state index contributed by atoms with van der Waals surface area (Å²) in [4.78, 5) is 19.6. The highest BCUT2D eigenvalue weighted by Gasteiger charge is 2.26. The molecule has 0 spiro atoms. The molecule has 1 aromatic carbocycles. The highest BCUT2D eigenvalue weighted by atomic mass is 32.2. The van der Waals surface area contributed by atoms with E-state index in [1.807, 2.05) is 61.5 Å². The van der Waals surface area contributed by atoms with E-state index in [0.29, 0.717) is 5.82 Å². The van der Waals surface area contributed by atoms with Crippen LogP contribution >= 0.6 is 11.9 Å². The molecule has 0 aliphatic carbocycles. The lowest BCUT2D eigenvalue weighted by Gasteiger charge is -2.27. The lowest BCUT2D eigenvalue weighted by molar-refractivity contribution is 0.260. The van der Waals surface area contributed by atoms with Crippen LogP contribution in [0.3, 0.4) is 0 Å². The van der Waals surface area contributed by atoms with E-state index in [4.69, 9.17) is 0 Å². The van der Waals surface area contributed by atoms with Crippen molar-refractivity contribution in [3.63, 3.8) is 0 Å². The van der Waals surface area contributed by atoms with E-state index in [2.05, 4.69) is 10.3 Å². The first-order valence-electron chi connectivity index (χ1n) is 6.17. The zero-order valence-corrected chi connectivity index (χ0v) is 12.0. The number of carbonyl (C=O) groups is 1. The van der Waals surface area contributed by atoms with Gasteiger partial charge in [-0.1, -0.05) is 18.2 Å². The number of benzene rings is 1. The first-order chi connectivity index (χ1) is 9.65. The van der Waals surface area contributed by atoms with E-state index in [1.165, 1.54) is 11.9 Å². The van der Waals surface area contributed by atoms with Crippen molar-refractivity contribution in [3.8, 4) is 0 Å². The summed E-state index contributed by atoms with van der Waals surface area (Å²) < 4.78 is 1.56. The third kappa shape index (κ3) is 2.30. The van der Waals surface area contributed by atoms with Gasteiger partial charge in [-0.25, -0.2) is 14.1 Å². The van der Waals surface area contributed by atoms with Crippen LogP contribution < -0.4 is 14.5 Å². The van der Waals surface area contributed by atoms with Crippen molar-refractivity contribution in [2.24, 2.45) is 0 Å². The van der Waals surface area contributed by atoms with Gasteiger partial charge in [0.2, 0.25) is 0 Å². The lowest BCUT2D eigenvalue weighted by Crippen LogP contribution is -2.33. The average Bonchev–Trinajstić information content (AvgIpc) is 2.46. The molecule has 0 fully saturated rings. The highest BCUT2D eigenvalue weighted by molar-refractivity contribution is 8.01. The fourth-order valence-electron chi connectivity index (χ4n) is 1.88. The molecule has 0 saturated heterocycles. The molecular weight excluding hydrogens is 272 g/mol. The molecule has 0 unspecified atom stereocenters. The molecule has 1 aromatic heterocycles. The van der Waals surface area contributed by atoms with Crippen LogP contribution in [0.1, 0.15) is 0 Å². The van der Waals surface area contributed by atoms with Crippen molar-refractivity contribution < 1.29 is 4.79 Å². The Kier molecular flexibility index (Phi) is 3.23. The third-order valence-corrected chi connectivity index (χ3v) is 3.98. The van der Waals surface area contributed by atoms with E-state index in [0.717, 1.165) is 16.4 Å². The van der Waals surface area contributed by atoms with Crippen molar-refractivity contribution in [1.29, 1.82) is 0 Å². The second-order valence-electron chi connectivity index (χ2n) is 4.56. The van der Waals surface area contributed by atoms with Gasteiger partial charge in [-0.05, 0) is 24.3 Å². The molecule has 1 aliphatic heterocycles. The molecule has 20 heavy (non-hydrogen) atoms. The second kappa shape index (κ2) is 5.05. The minimum atomic E-state index is -0.183. The maximum absolute atomic E-state index is 12.2. The first kappa shape index (κ1) is 12.8. The summed E-state index contributed by atoms with van der Waals surface area (Å²) in [6.07, 6.45) is 0. The summed E-state index contributed by atoms with van der Waals surface area (Å²) in [6, 6.07) is 13.2. The zero-order chi connectivity index (χ0) is 14.1. The summed E-state index contributed by atoms with van der Waals surface area (Å²) >= 11 is 1.38. The molecule has 6 heteroatoms. The summed E-state index contributed by atoms with van der Waals surface area (Å²) in [7, 11) is 3.84. The molecule has 0 saturated carbocycles. The number of hydrogen-bond acceptors (Lipinski definition) is 4. The maximum Gasteiger partial charge on any atom is 0.338 e. The van der Waals surface area contributed by atoms with Crippen molar-refractivity contribution in [2.75, 3.05) is 28.6 Å². The summed E-state index contributed by atoms with van der Waals surface area (Å²) in [5.41, 5.74) is 0.836. The van der Waals surface area contributed by atoms with Crippen molar-refractivity contribution >= 4 is 35.3 Å². The standard InChI is InChI=1S/C14H14N4OS/c1-17(2)12-8-5-9-13(16-12)18-14(19)15-10-6-3-4-7-11(10)20-18/h3-9H,1-2H3,(H,15,19). The van der Waals surface area contributed by atoms with Gasteiger partial charge in [0.25, 0.3) is 0 Å². The van der Waals surface area contributed by atoms with Crippen LogP contribution in [0.15, 0.2) is 47.4 Å². The predicted octanol–water partition coefficient (Wildman–Crippen LogP) is 3.21. The van der Waals surface area contributed by atoms with Gasteiger partial charge in [-0.15, -0.1) is 0 Å². The van der Waals surface area contributed by atoms with Crippen LogP contribution in [-0.2, 0) is 0 Å². The van der Waals surface area contributed by atoms with Gasteiger partial charge in [0.15, 0.2) is 0 Å². The van der Waals surface area contributed by atoms with Crippen LogP contribution in [0.5, 0.6) is 0 Å². The Labute approximate surface area is 121 Å². The van der Waals surface area contributed by atoms with Crippen LogP contribution in [0.4, 0.5) is 22.1 Å². The Morgan fingerprint density at radius 2 is 1.95 bits per heavy atom. The topological polar surface area (TPSA) is 48.5 Å². The Morgan fingerprint density at radius 1 is 1.15 bits per heavy atom. The molecule has 0 bridgehead atoms. The Bertz CT molecular complexity index is 659. The second-order valence-corrected chi connectivity index (χ2v) is 5.55. The maximum atomic E-state index is 12.2. The normalized spacial score (nSPS) is 13.7. The fraction of sp³-hybridized carbons (Fsp3) is 0.143. The molecule has 2 amide bonds. The molecule has 0 radical (unpaired) electrons. The van der Waals surface area contributed by atoms with Crippen LogP contribution in [-0.4, -0.2) is 25.1 Å². The van der Waals surface area contributed by atoms with Gasteiger partial charge in [-0.3, -0.25) is 0 Å². The zero-order valence-electron chi connectivity index (χ0n) is 11.2. The smallest absolute Gasteiger partial charge is 0.338 e. The van der Waals surface area contributed by atoms with Crippen LogP contribution in [0, 0.1) is 0 Å². The Hall–Kier alpha value is -2.21. The number of amides is 2. The minimum Gasteiger partial charge on any atom is -0.363 e. The number of aromatic nitrogens is 1. The Morgan fingerprint density at radius 3 is 2.75 bits per heavy atom. The van der Waals surface area contributed by atoms with Gasteiger partial charge in [0, 0.05) is 26.0 Å². The molecule has 102 valence electrons. The number of rotatable bonds is 2. The number of hydrogen-bond donors (Lipinski definition) is 1. The monoisotopic (exact) mass is 286 g/mol. The lowest BCUT2D eigenvalue weighted by atomic mass is 10.3. The van der Waals surface area contributed by atoms with Gasteiger partial charge >= 0.3 is 6.03 Å². The molecule has 1 N–H and O–H groups in total. The summed E-state index contributed by atoms with van der Waals surface area (Å²) in [5.74, 6) is 1.43. The first-order valence-corrected chi connectivity index (χ1v) is 6.95. The van der Waals surface area contributed by atoms with Gasteiger partial charge in [0.1, 0.15) is 11.6 Å². The quantitative estimate of drug-likeness (QED) is 0.861. The Balaban J connectivity index is 1.95. The fourth-order valence-corrected chi connectivity index (χ4v) is 2.76. The van der Waals surface area contributed by atoms with E-state index < -0.39 is 0 Å². The van der Waals surface area contributed by atoms with Gasteiger partial charge in [-0.2, -0.15) is 0 Å². The minimum absolute atomic E-state index is 0.183. The summed E-state index contributed by atoms with van der Waals surface area (Å²) in [5, 5.41) is 2.87. The number of pyridine rings is 1. The number of para-hydroxylation sites is 1. The number of anilines is 3. The molecule has 2 aromatic rings. The highest BCUT2D eigenvalue weighted by Crippen LogP contribution is 2.37. The average molecular weight is 286 g/mol. The van der Waals surface area contributed by atoms with E-state index in [1.54, 1.807) is 4.31 Å². The van der Waals surface area contributed by atoms with Gasteiger partial charge in [0.05, 0.1) is 10.6 Å². The van der Waals surface area contributed by atoms with Gasteiger partial charge < -0.3 is 10.2 Å². The molecule has 5 nitrogen and oxygen atoms in total. The van der Waals surface area contributed by atoms with E-state index >= 15 is 0 Å². The number of nitrogens with zero attached hydrogens (tertiary/aromatic N) is 3. The largest absolute Gasteiger partial charge is 0.363 e. The van der Waals surface area contributed by atoms with Crippen molar-refractivity contribution in [1.82, 2.24) is 4.98 Å². The molecular formula is C14H14N4OS. The summed E-state index contributed by atoms with van der Waals surface area (Å²) in [6.45, 7) is 0. The molecule has 0 atom stereocenters. The predicted molar refractivity (Wildman–Crippen MR) is 82.4 cm³/mol. The van der Waals surface area contributed by atoms with E-state index in [-0.39, 0.29) is 6.03 Å². The SMILES string of the molecule is CN(C)c1cccc(N2Sc3ccccc3NC2=O)n1. The molecule has 3 rings (SSSR count). The number of carbonyl (C=O) groups excluding carboxylic acids is 1. The molecule has 1 aliphatic rings. The van der Waals surface area contributed by atoms with Crippen molar-refractivity contribution in [2.45, 2.75) is 4.90 Å². The van der Waals surface area contributed by atoms with Crippen molar-refractivity contribution in [3.05, 3.63) is 42.5 Å². The number of nitrogens with one attached hydrogen (secondary N) is 1. The molecule has 2 heterocycles. The number of fused-ring (bicyclic) bond motifs is 1. The number of urea groups is 1. The van der Waals surface area contributed by atoms with Crippen LogP contribution in [0.2, 0.25) is 0 Å². The third-order valence-electron chi connectivity index (χ3n) is 2.89.